The quantitative estimate of drug-likeness (QED) is 0.818. The Kier molecular flexibility index (Phi) is 2.46. The summed E-state index contributed by atoms with van der Waals surface area (Å²) in [6, 6.07) is 0.740. The van der Waals surface area contributed by atoms with Gasteiger partial charge in [-0.2, -0.15) is 0 Å². The number of thioether (sulfide) groups is 1. The van der Waals surface area contributed by atoms with Crippen LogP contribution in [0.15, 0.2) is 5.16 Å². The highest BCUT2D eigenvalue weighted by atomic mass is 32.2. The molecule has 0 amide bonds. The van der Waals surface area contributed by atoms with Gasteiger partial charge in [0.25, 0.3) is 0 Å². The van der Waals surface area contributed by atoms with Crippen LogP contribution in [0, 0.1) is 0 Å². The Balaban J connectivity index is 1.60. The SMILES string of the molecule is C1CCC(Sc2nnc(C3CC3)n2C2CC2)C1. The van der Waals surface area contributed by atoms with Gasteiger partial charge in [0.15, 0.2) is 5.16 Å². The zero-order chi connectivity index (χ0) is 11.2. The van der Waals surface area contributed by atoms with Gasteiger partial charge in [0.1, 0.15) is 5.82 Å². The molecule has 3 aliphatic rings. The van der Waals surface area contributed by atoms with E-state index in [0.717, 1.165) is 17.2 Å². The van der Waals surface area contributed by atoms with Crippen molar-refractivity contribution in [1.82, 2.24) is 14.8 Å². The minimum Gasteiger partial charge on any atom is -0.303 e. The summed E-state index contributed by atoms with van der Waals surface area (Å²) < 4.78 is 2.49. The van der Waals surface area contributed by atoms with Crippen molar-refractivity contribution >= 4 is 11.8 Å². The third-order valence-corrected chi connectivity index (χ3v) is 5.41. The highest BCUT2D eigenvalue weighted by Gasteiger charge is 2.36. The second-order valence-corrected chi connectivity index (χ2v) is 7.01. The number of hydrogen-bond donors (Lipinski definition) is 0. The summed E-state index contributed by atoms with van der Waals surface area (Å²) in [5.41, 5.74) is 0. The Labute approximate surface area is 106 Å². The Morgan fingerprint density at radius 2 is 1.71 bits per heavy atom. The fourth-order valence-corrected chi connectivity index (χ4v) is 4.13. The molecule has 3 nitrogen and oxygen atoms in total. The Hall–Kier alpha value is -0.510. The van der Waals surface area contributed by atoms with Crippen LogP contribution in [0.4, 0.5) is 0 Å². The Bertz CT molecular complexity index is 414. The Morgan fingerprint density at radius 3 is 2.35 bits per heavy atom. The van der Waals surface area contributed by atoms with Crippen LogP contribution in [-0.4, -0.2) is 20.0 Å². The fraction of sp³-hybridized carbons (Fsp3) is 0.846. The molecule has 0 N–H and O–H groups in total. The van der Waals surface area contributed by atoms with E-state index in [4.69, 9.17) is 0 Å². The van der Waals surface area contributed by atoms with Crippen LogP contribution >= 0.6 is 11.8 Å². The molecule has 1 heterocycles. The second kappa shape index (κ2) is 4.01. The summed E-state index contributed by atoms with van der Waals surface area (Å²) in [5, 5.41) is 11.0. The molecule has 0 radical (unpaired) electrons. The van der Waals surface area contributed by atoms with E-state index in [-0.39, 0.29) is 0 Å². The molecule has 0 bridgehead atoms. The highest BCUT2D eigenvalue weighted by Crippen LogP contribution is 2.47. The molecule has 3 fully saturated rings. The van der Waals surface area contributed by atoms with Crippen LogP contribution in [0.3, 0.4) is 0 Å². The minimum absolute atomic E-state index is 0.737. The molecule has 0 atom stereocenters. The molecule has 1 aromatic heterocycles. The maximum atomic E-state index is 4.48. The van der Waals surface area contributed by atoms with Crippen LogP contribution < -0.4 is 0 Å². The van der Waals surface area contributed by atoms with Gasteiger partial charge in [-0.3, -0.25) is 0 Å². The lowest BCUT2D eigenvalue weighted by Gasteiger charge is -2.11. The van der Waals surface area contributed by atoms with Gasteiger partial charge in [-0.15, -0.1) is 10.2 Å². The van der Waals surface area contributed by atoms with Crippen molar-refractivity contribution in [3.05, 3.63) is 5.82 Å². The molecule has 0 aliphatic heterocycles. The molecular formula is C13H19N3S. The summed E-state index contributed by atoms with van der Waals surface area (Å²) in [7, 11) is 0. The van der Waals surface area contributed by atoms with Crippen LogP contribution in [-0.2, 0) is 0 Å². The molecule has 1 aromatic rings. The van der Waals surface area contributed by atoms with Crippen molar-refractivity contribution in [3.63, 3.8) is 0 Å². The molecule has 4 heteroatoms. The van der Waals surface area contributed by atoms with Crippen molar-refractivity contribution in [1.29, 1.82) is 0 Å². The predicted molar refractivity (Wildman–Crippen MR) is 68.4 cm³/mol. The van der Waals surface area contributed by atoms with E-state index in [1.807, 2.05) is 11.8 Å². The second-order valence-electron chi connectivity index (χ2n) is 5.74. The van der Waals surface area contributed by atoms with Crippen LogP contribution in [0.1, 0.15) is 69.2 Å². The molecule has 0 unspecified atom stereocenters. The predicted octanol–water partition coefficient (Wildman–Crippen LogP) is 3.53. The molecule has 17 heavy (non-hydrogen) atoms. The maximum Gasteiger partial charge on any atom is 0.191 e. The summed E-state index contributed by atoms with van der Waals surface area (Å²) in [6.45, 7) is 0. The van der Waals surface area contributed by atoms with Gasteiger partial charge in [0.2, 0.25) is 0 Å². The lowest BCUT2D eigenvalue weighted by atomic mass is 10.4. The maximum absolute atomic E-state index is 4.48. The van der Waals surface area contributed by atoms with Crippen molar-refractivity contribution in [3.8, 4) is 0 Å². The van der Waals surface area contributed by atoms with Gasteiger partial charge in [0.05, 0.1) is 0 Å². The Morgan fingerprint density at radius 1 is 0.941 bits per heavy atom. The van der Waals surface area contributed by atoms with E-state index >= 15 is 0 Å². The van der Waals surface area contributed by atoms with E-state index < -0.39 is 0 Å². The van der Waals surface area contributed by atoms with Gasteiger partial charge in [-0.1, -0.05) is 24.6 Å². The summed E-state index contributed by atoms with van der Waals surface area (Å²) in [5.74, 6) is 2.04. The monoisotopic (exact) mass is 249 g/mol. The zero-order valence-corrected chi connectivity index (χ0v) is 11.0. The minimum atomic E-state index is 0.737. The van der Waals surface area contributed by atoms with Gasteiger partial charge in [0, 0.05) is 17.2 Å². The lowest BCUT2D eigenvalue weighted by molar-refractivity contribution is 0.625. The summed E-state index contributed by atoms with van der Waals surface area (Å²) in [6.07, 6.45) is 10.9. The molecule has 4 rings (SSSR count). The highest BCUT2D eigenvalue weighted by molar-refractivity contribution is 7.99. The van der Waals surface area contributed by atoms with Gasteiger partial charge in [-0.05, 0) is 38.5 Å². The first-order valence-corrected chi connectivity index (χ1v) is 7.91. The summed E-state index contributed by atoms with van der Waals surface area (Å²) in [4.78, 5) is 0. The standard InChI is InChI=1S/C13H19N3S/c1-2-4-11(3-1)17-13-15-14-12(9-5-6-9)16(13)10-7-8-10/h9-11H,1-8H2. The van der Waals surface area contributed by atoms with Gasteiger partial charge >= 0.3 is 0 Å². The van der Waals surface area contributed by atoms with Crippen molar-refractivity contribution in [2.24, 2.45) is 0 Å². The number of rotatable bonds is 4. The molecular weight excluding hydrogens is 230 g/mol. The molecule has 0 saturated heterocycles. The van der Waals surface area contributed by atoms with Crippen molar-refractivity contribution in [2.75, 3.05) is 0 Å². The van der Waals surface area contributed by atoms with E-state index in [1.54, 1.807) is 0 Å². The largest absolute Gasteiger partial charge is 0.303 e. The molecule has 92 valence electrons. The molecule has 0 aromatic carbocycles. The third kappa shape index (κ3) is 2.01. The van der Waals surface area contributed by atoms with Gasteiger partial charge < -0.3 is 4.57 Å². The fourth-order valence-electron chi connectivity index (χ4n) is 2.82. The van der Waals surface area contributed by atoms with E-state index in [0.29, 0.717) is 0 Å². The lowest BCUT2D eigenvalue weighted by Crippen LogP contribution is -2.04. The molecule has 3 saturated carbocycles. The van der Waals surface area contributed by atoms with E-state index in [2.05, 4.69) is 14.8 Å². The number of aromatic nitrogens is 3. The summed E-state index contributed by atoms with van der Waals surface area (Å²) >= 11 is 2.00. The normalized spacial score (nSPS) is 25.6. The average molecular weight is 249 g/mol. The van der Waals surface area contributed by atoms with E-state index in [9.17, 15) is 0 Å². The first-order chi connectivity index (χ1) is 8.42. The molecule has 0 spiro atoms. The zero-order valence-electron chi connectivity index (χ0n) is 10.1. The van der Waals surface area contributed by atoms with Crippen LogP contribution in [0.25, 0.3) is 0 Å². The first kappa shape index (κ1) is 10.4. The molecule has 3 aliphatic carbocycles. The van der Waals surface area contributed by atoms with Crippen LogP contribution in [0.5, 0.6) is 0 Å². The van der Waals surface area contributed by atoms with Crippen molar-refractivity contribution in [2.45, 2.75) is 73.7 Å². The smallest absolute Gasteiger partial charge is 0.191 e. The third-order valence-electron chi connectivity index (χ3n) is 4.12. The van der Waals surface area contributed by atoms with Gasteiger partial charge in [-0.25, -0.2) is 0 Å². The average Bonchev–Trinajstić information content (AvgIpc) is 3.26. The number of hydrogen-bond acceptors (Lipinski definition) is 3. The number of nitrogens with zero attached hydrogens (tertiary/aromatic N) is 3. The van der Waals surface area contributed by atoms with Crippen molar-refractivity contribution < 1.29 is 0 Å². The first-order valence-electron chi connectivity index (χ1n) is 7.03. The van der Waals surface area contributed by atoms with Crippen LogP contribution in [0.2, 0.25) is 0 Å². The topological polar surface area (TPSA) is 30.7 Å². The van der Waals surface area contributed by atoms with E-state index in [1.165, 1.54) is 62.3 Å².